The molecular formula is C15H12N2O2S. The van der Waals surface area contributed by atoms with Crippen molar-refractivity contribution in [2.45, 2.75) is 6.61 Å². The fourth-order valence-corrected chi connectivity index (χ4v) is 2.97. The molecule has 5 heteroatoms. The first-order valence-electron chi connectivity index (χ1n) is 6.07. The largest absolute Gasteiger partial charge is 0.463 e. The van der Waals surface area contributed by atoms with Crippen LogP contribution in [0.15, 0.2) is 42.5 Å². The van der Waals surface area contributed by atoms with Crippen LogP contribution >= 0.6 is 11.3 Å². The van der Waals surface area contributed by atoms with Crippen molar-refractivity contribution in [3.63, 3.8) is 0 Å². The van der Waals surface area contributed by atoms with Crippen molar-refractivity contribution in [3.05, 3.63) is 48.0 Å². The Balaban J connectivity index is 1.97. The molecule has 1 aromatic heterocycles. The van der Waals surface area contributed by atoms with Gasteiger partial charge in [-0.2, -0.15) is 0 Å². The number of thiazole rings is 1. The zero-order valence-electron chi connectivity index (χ0n) is 10.6. The zero-order chi connectivity index (χ0) is 13.9. The molecule has 0 bridgehead atoms. The highest BCUT2D eigenvalue weighted by molar-refractivity contribution is 7.21. The summed E-state index contributed by atoms with van der Waals surface area (Å²) in [7, 11) is 0. The van der Waals surface area contributed by atoms with E-state index in [0.29, 0.717) is 6.47 Å². The van der Waals surface area contributed by atoms with Crippen LogP contribution in [0.25, 0.3) is 20.8 Å². The Kier molecular flexibility index (Phi) is 3.35. The molecule has 4 nitrogen and oxygen atoms in total. The number of carbonyl (C=O) groups is 1. The van der Waals surface area contributed by atoms with E-state index in [4.69, 9.17) is 10.5 Å². The third kappa shape index (κ3) is 2.48. The number of carbonyl (C=O) groups excluding carboxylic acids is 1. The molecule has 2 aromatic carbocycles. The SMILES string of the molecule is Nc1ccc(-c2nc3ccc(COC=O)cc3s2)cc1. The summed E-state index contributed by atoms with van der Waals surface area (Å²) >= 11 is 1.61. The van der Waals surface area contributed by atoms with Gasteiger partial charge in [0.15, 0.2) is 0 Å². The van der Waals surface area contributed by atoms with Crippen molar-refractivity contribution < 1.29 is 9.53 Å². The number of nitrogen functional groups attached to an aromatic ring is 1. The van der Waals surface area contributed by atoms with Gasteiger partial charge in [-0.05, 0) is 42.0 Å². The number of anilines is 1. The van der Waals surface area contributed by atoms with Crippen molar-refractivity contribution in [3.8, 4) is 10.6 Å². The predicted molar refractivity (Wildman–Crippen MR) is 80.3 cm³/mol. The van der Waals surface area contributed by atoms with Crippen LogP contribution < -0.4 is 5.73 Å². The topological polar surface area (TPSA) is 65.2 Å². The first-order valence-corrected chi connectivity index (χ1v) is 6.88. The molecule has 0 amide bonds. The number of nitrogens with two attached hydrogens (primary N) is 1. The molecule has 0 atom stereocenters. The summed E-state index contributed by atoms with van der Waals surface area (Å²) in [5, 5.41) is 0.952. The highest BCUT2D eigenvalue weighted by Crippen LogP contribution is 2.31. The van der Waals surface area contributed by atoms with Gasteiger partial charge >= 0.3 is 0 Å². The lowest BCUT2D eigenvalue weighted by molar-refractivity contribution is -0.129. The van der Waals surface area contributed by atoms with E-state index >= 15 is 0 Å². The number of aromatic nitrogens is 1. The maximum atomic E-state index is 10.2. The molecule has 3 rings (SSSR count). The molecule has 0 fully saturated rings. The number of hydrogen-bond acceptors (Lipinski definition) is 5. The second-order valence-electron chi connectivity index (χ2n) is 4.35. The lowest BCUT2D eigenvalue weighted by Crippen LogP contribution is -1.88. The molecule has 100 valence electrons. The van der Waals surface area contributed by atoms with Gasteiger partial charge in [0.2, 0.25) is 0 Å². The van der Waals surface area contributed by atoms with Gasteiger partial charge < -0.3 is 10.5 Å². The molecule has 0 aliphatic heterocycles. The summed E-state index contributed by atoms with van der Waals surface area (Å²) in [6.45, 7) is 0.741. The Labute approximate surface area is 119 Å². The van der Waals surface area contributed by atoms with Crippen LogP contribution in [0, 0.1) is 0 Å². The fraction of sp³-hybridized carbons (Fsp3) is 0.0667. The smallest absolute Gasteiger partial charge is 0.293 e. The van der Waals surface area contributed by atoms with Crippen LogP contribution in [-0.2, 0) is 16.1 Å². The van der Waals surface area contributed by atoms with E-state index in [1.54, 1.807) is 11.3 Å². The van der Waals surface area contributed by atoms with E-state index in [1.165, 1.54) is 0 Å². The molecule has 0 spiro atoms. The molecule has 2 N–H and O–H groups in total. The predicted octanol–water partition coefficient (Wildman–Crippen LogP) is 3.22. The van der Waals surface area contributed by atoms with Gasteiger partial charge in [0, 0.05) is 11.3 Å². The standard InChI is InChI=1S/C15H12N2O2S/c16-12-4-2-11(3-5-12)15-17-13-6-1-10(8-19-9-18)7-14(13)20-15/h1-7,9H,8,16H2. The number of ether oxygens (including phenoxy) is 1. The van der Waals surface area contributed by atoms with Crippen molar-refractivity contribution in [2.75, 3.05) is 5.73 Å². The van der Waals surface area contributed by atoms with Crippen LogP contribution in [0.4, 0.5) is 5.69 Å². The number of fused-ring (bicyclic) bond motifs is 1. The highest BCUT2D eigenvalue weighted by atomic mass is 32.1. The first kappa shape index (κ1) is 12.6. The molecule has 20 heavy (non-hydrogen) atoms. The summed E-state index contributed by atoms with van der Waals surface area (Å²) in [6.07, 6.45) is 0. The number of hydrogen-bond donors (Lipinski definition) is 1. The van der Waals surface area contributed by atoms with Gasteiger partial charge in [0.05, 0.1) is 10.2 Å². The Hall–Kier alpha value is -2.40. The number of benzene rings is 2. The van der Waals surface area contributed by atoms with E-state index in [0.717, 1.165) is 32.0 Å². The van der Waals surface area contributed by atoms with E-state index in [9.17, 15) is 4.79 Å². The van der Waals surface area contributed by atoms with Gasteiger partial charge in [0.25, 0.3) is 6.47 Å². The summed E-state index contributed by atoms with van der Waals surface area (Å²) in [5.74, 6) is 0. The minimum absolute atomic E-state index is 0.286. The van der Waals surface area contributed by atoms with Crippen LogP contribution in [0.1, 0.15) is 5.56 Å². The first-order chi connectivity index (χ1) is 9.76. The minimum Gasteiger partial charge on any atom is -0.463 e. The maximum absolute atomic E-state index is 10.2. The van der Waals surface area contributed by atoms with Crippen LogP contribution in [-0.4, -0.2) is 11.5 Å². The third-order valence-corrected chi connectivity index (χ3v) is 4.00. The molecule has 0 aliphatic carbocycles. The lowest BCUT2D eigenvalue weighted by Gasteiger charge is -1.97. The average molecular weight is 284 g/mol. The van der Waals surface area contributed by atoms with Crippen LogP contribution in [0.5, 0.6) is 0 Å². The molecular weight excluding hydrogens is 272 g/mol. The summed E-state index contributed by atoms with van der Waals surface area (Å²) < 4.78 is 5.84. The maximum Gasteiger partial charge on any atom is 0.293 e. The Bertz CT molecular complexity index is 750. The average Bonchev–Trinajstić information content (AvgIpc) is 2.89. The molecule has 0 saturated heterocycles. The van der Waals surface area contributed by atoms with Crippen LogP contribution in [0.3, 0.4) is 0 Å². The Morgan fingerprint density at radius 1 is 1.20 bits per heavy atom. The number of rotatable bonds is 4. The summed E-state index contributed by atoms with van der Waals surface area (Å²) in [4.78, 5) is 14.8. The van der Waals surface area contributed by atoms with Gasteiger partial charge in [0.1, 0.15) is 11.6 Å². The Morgan fingerprint density at radius 2 is 2.00 bits per heavy atom. The fourth-order valence-electron chi connectivity index (χ4n) is 1.94. The van der Waals surface area contributed by atoms with Crippen LogP contribution in [0.2, 0.25) is 0 Å². The summed E-state index contributed by atoms with van der Waals surface area (Å²) in [5.41, 5.74) is 9.37. The second-order valence-corrected chi connectivity index (χ2v) is 5.38. The summed E-state index contributed by atoms with van der Waals surface area (Å²) in [6, 6.07) is 13.5. The molecule has 0 saturated carbocycles. The second kappa shape index (κ2) is 5.30. The van der Waals surface area contributed by atoms with E-state index in [-0.39, 0.29) is 6.61 Å². The quantitative estimate of drug-likeness (QED) is 0.590. The molecule has 0 aliphatic rings. The van der Waals surface area contributed by atoms with Gasteiger partial charge in [-0.15, -0.1) is 11.3 Å². The highest BCUT2D eigenvalue weighted by Gasteiger charge is 2.07. The van der Waals surface area contributed by atoms with E-state index in [1.807, 2.05) is 42.5 Å². The Morgan fingerprint density at radius 3 is 2.75 bits per heavy atom. The van der Waals surface area contributed by atoms with E-state index < -0.39 is 0 Å². The van der Waals surface area contributed by atoms with Crippen molar-refractivity contribution in [1.29, 1.82) is 0 Å². The van der Waals surface area contributed by atoms with Gasteiger partial charge in [-0.3, -0.25) is 4.79 Å². The van der Waals surface area contributed by atoms with Crippen molar-refractivity contribution in [2.24, 2.45) is 0 Å². The minimum atomic E-state index is 0.286. The van der Waals surface area contributed by atoms with Crippen molar-refractivity contribution >= 4 is 33.7 Å². The third-order valence-electron chi connectivity index (χ3n) is 2.93. The van der Waals surface area contributed by atoms with Crippen molar-refractivity contribution in [1.82, 2.24) is 4.98 Å². The molecule has 3 aromatic rings. The molecule has 1 heterocycles. The number of nitrogens with zero attached hydrogens (tertiary/aromatic N) is 1. The van der Waals surface area contributed by atoms with Gasteiger partial charge in [-0.1, -0.05) is 6.07 Å². The van der Waals surface area contributed by atoms with E-state index in [2.05, 4.69) is 4.98 Å². The molecule has 0 unspecified atom stereocenters. The van der Waals surface area contributed by atoms with Gasteiger partial charge in [-0.25, -0.2) is 4.98 Å². The zero-order valence-corrected chi connectivity index (χ0v) is 11.4. The lowest BCUT2D eigenvalue weighted by atomic mass is 10.2. The molecule has 0 radical (unpaired) electrons. The normalized spacial score (nSPS) is 10.6. The monoisotopic (exact) mass is 284 g/mol.